The molecule has 1 atom stereocenters. The van der Waals surface area contributed by atoms with E-state index in [1.54, 1.807) is 13.2 Å². The number of rotatable bonds is 7. The molecule has 1 amide bonds. The molecule has 0 radical (unpaired) electrons. The lowest BCUT2D eigenvalue weighted by molar-refractivity contribution is -0.121. The van der Waals surface area contributed by atoms with Gasteiger partial charge in [0.25, 0.3) is 5.56 Å². The minimum Gasteiger partial charge on any atom is -0.496 e. The van der Waals surface area contributed by atoms with Gasteiger partial charge in [0.1, 0.15) is 24.1 Å². The van der Waals surface area contributed by atoms with E-state index in [0.717, 1.165) is 28.0 Å². The monoisotopic (exact) mass is 498 g/mol. The molecule has 0 saturated heterocycles. The van der Waals surface area contributed by atoms with Crippen LogP contribution in [0, 0.1) is 6.92 Å². The van der Waals surface area contributed by atoms with Crippen molar-refractivity contribution in [3.05, 3.63) is 100.0 Å². The van der Waals surface area contributed by atoms with Crippen LogP contribution in [-0.2, 0) is 17.9 Å². The van der Waals surface area contributed by atoms with Gasteiger partial charge in [0.2, 0.25) is 5.91 Å². The number of hydrogen-bond donors (Lipinski definition) is 1. The molecule has 2 heterocycles. The van der Waals surface area contributed by atoms with Gasteiger partial charge in [0, 0.05) is 42.7 Å². The van der Waals surface area contributed by atoms with E-state index in [0.29, 0.717) is 37.3 Å². The largest absolute Gasteiger partial charge is 0.496 e. The number of methoxy groups -OCH3 is 1. The zero-order valence-corrected chi connectivity index (χ0v) is 21.0. The lowest BCUT2D eigenvalue weighted by atomic mass is 10.1. The first kappa shape index (κ1) is 24.5. The van der Waals surface area contributed by atoms with Gasteiger partial charge in [-0.25, -0.2) is 4.68 Å². The Kier molecular flexibility index (Phi) is 7.18. The number of amides is 1. The smallest absolute Gasteiger partial charge is 0.275 e. The molecule has 37 heavy (non-hydrogen) atoms. The summed E-state index contributed by atoms with van der Waals surface area (Å²) in [5.74, 6) is 1.38. The summed E-state index contributed by atoms with van der Waals surface area (Å²) < 4.78 is 13.3. The number of aromatic nitrogens is 2. The quantitative estimate of drug-likeness (QED) is 0.420. The molecule has 0 aliphatic carbocycles. The van der Waals surface area contributed by atoms with Crippen molar-refractivity contribution in [1.82, 2.24) is 20.0 Å². The van der Waals surface area contributed by atoms with Crippen LogP contribution < -0.4 is 20.3 Å². The van der Waals surface area contributed by atoms with E-state index in [2.05, 4.69) is 21.4 Å². The van der Waals surface area contributed by atoms with Gasteiger partial charge in [-0.1, -0.05) is 54.6 Å². The number of ether oxygens (including phenoxy) is 2. The fourth-order valence-corrected chi connectivity index (χ4v) is 4.80. The lowest BCUT2D eigenvalue weighted by Gasteiger charge is -2.25. The van der Waals surface area contributed by atoms with Crippen LogP contribution in [0.3, 0.4) is 0 Å². The topological polar surface area (TPSA) is 85.7 Å². The molecule has 0 unspecified atom stereocenters. The minimum atomic E-state index is -0.266. The highest BCUT2D eigenvalue weighted by molar-refractivity contribution is 5.83. The van der Waals surface area contributed by atoms with Crippen molar-refractivity contribution in [3.63, 3.8) is 0 Å². The van der Waals surface area contributed by atoms with Gasteiger partial charge < -0.3 is 14.8 Å². The molecule has 1 aromatic heterocycles. The maximum Gasteiger partial charge on any atom is 0.275 e. The van der Waals surface area contributed by atoms with Crippen LogP contribution in [0.5, 0.6) is 11.5 Å². The number of nitrogens with one attached hydrogen (secondary N) is 1. The summed E-state index contributed by atoms with van der Waals surface area (Å²) in [4.78, 5) is 27.8. The molecule has 8 nitrogen and oxygen atoms in total. The average Bonchev–Trinajstić information content (AvgIpc) is 3.11. The molecule has 190 valence electrons. The van der Waals surface area contributed by atoms with E-state index < -0.39 is 0 Å². The van der Waals surface area contributed by atoms with Crippen LogP contribution in [0.15, 0.2) is 77.6 Å². The summed E-state index contributed by atoms with van der Waals surface area (Å²) in [6.45, 7) is 4.10. The second kappa shape index (κ2) is 10.8. The predicted octanol–water partition coefficient (Wildman–Crippen LogP) is 3.47. The third-order valence-electron chi connectivity index (χ3n) is 6.64. The van der Waals surface area contributed by atoms with E-state index in [1.807, 2.05) is 67.6 Å². The van der Waals surface area contributed by atoms with Crippen molar-refractivity contribution in [1.29, 1.82) is 0 Å². The SMILES string of the molecule is COc1ccccc1[C@@H]1CN(CCNC(=O)Cn2nc(C)c3ccccc3c2=O)Cc2ccccc2O1. The van der Waals surface area contributed by atoms with E-state index in [4.69, 9.17) is 9.47 Å². The zero-order chi connectivity index (χ0) is 25.8. The van der Waals surface area contributed by atoms with Crippen molar-refractivity contribution in [2.45, 2.75) is 26.1 Å². The average molecular weight is 499 g/mol. The predicted molar refractivity (Wildman–Crippen MR) is 142 cm³/mol. The number of carbonyl (C=O) groups is 1. The minimum absolute atomic E-state index is 0.125. The summed E-state index contributed by atoms with van der Waals surface area (Å²) >= 11 is 0. The van der Waals surface area contributed by atoms with Crippen molar-refractivity contribution in [2.75, 3.05) is 26.7 Å². The number of para-hydroxylation sites is 2. The lowest BCUT2D eigenvalue weighted by Crippen LogP contribution is -2.39. The number of fused-ring (bicyclic) bond motifs is 2. The standard InChI is InChI=1S/C29H30N4O4/c1-20-22-10-4-5-11-23(22)29(35)33(31-20)19-28(34)30-15-16-32-17-21-9-3-7-13-25(21)37-27(18-32)24-12-6-8-14-26(24)36-2/h3-14,27H,15-19H2,1-2H3,(H,30,34)/t27-/m0/s1. The summed E-state index contributed by atoms with van der Waals surface area (Å²) in [5.41, 5.74) is 2.52. The highest BCUT2D eigenvalue weighted by Gasteiger charge is 2.26. The fourth-order valence-electron chi connectivity index (χ4n) is 4.80. The van der Waals surface area contributed by atoms with E-state index in [9.17, 15) is 9.59 Å². The number of aryl methyl sites for hydroxylation is 1. The van der Waals surface area contributed by atoms with Crippen LogP contribution in [0.4, 0.5) is 0 Å². The molecule has 1 aliphatic rings. The van der Waals surface area contributed by atoms with Crippen LogP contribution in [0.2, 0.25) is 0 Å². The molecule has 0 saturated carbocycles. The van der Waals surface area contributed by atoms with Crippen molar-refractivity contribution < 1.29 is 14.3 Å². The molecule has 0 bridgehead atoms. The van der Waals surface area contributed by atoms with Gasteiger partial charge in [-0.2, -0.15) is 5.10 Å². The Morgan fingerprint density at radius 3 is 2.62 bits per heavy atom. The second-order valence-corrected chi connectivity index (χ2v) is 9.14. The first-order chi connectivity index (χ1) is 18.0. The van der Waals surface area contributed by atoms with Crippen molar-refractivity contribution >= 4 is 16.7 Å². The highest BCUT2D eigenvalue weighted by Crippen LogP contribution is 2.34. The van der Waals surface area contributed by atoms with Crippen LogP contribution in [0.25, 0.3) is 10.8 Å². The zero-order valence-electron chi connectivity index (χ0n) is 21.0. The Morgan fingerprint density at radius 2 is 1.78 bits per heavy atom. The summed E-state index contributed by atoms with van der Waals surface area (Å²) in [5, 5.41) is 8.66. The first-order valence-corrected chi connectivity index (χ1v) is 12.4. The van der Waals surface area contributed by atoms with Gasteiger partial charge in [0.05, 0.1) is 18.2 Å². The second-order valence-electron chi connectivity index (χ2n) is 9.14. The van der Waals surface area contributed by atoms with Crippen molar-refractivity contribution in [3.8, 4) is 11.5 Å². The Balaban J connectivity index is 1.27. The summed E-state index contributed by atoms with van der Waals surface area (Å²) in [6.07, 6.45) is -0.223. The Hall–Kier alpha value is -4.17. The normalized spacial score (nSPS) is 15.5. The Bertz CT molecular complexity index is 1480. The first-order valence-electron chi connectivity index (χ1n) is 12.4. The number of nitrogens with zero attached hydrogens (tertiary/aromatic N) is 3. The molecule has 3 aromatic carbocycles. The number of hydrogen-bond acceptors (Lipinski definition) is 6. The number of carbonyl (C=O) groups excluding carboxylic acids is 1. The number of benzene rings is 3. The molecular formula is C29H30N4O4. The van der Waals surface area contributed by atoms with Gasteiger partial charge in [-0.3, -0.25) is 14.5 Å². The Morgan fingerprint density at radius 1 is 1.05 bits per heavy atom. The van der Waals surface area contributed by atoms with Crippen molar-refractivity contribution in [2.24, 2.45) is 0 Å². The molecule has 1 aliphatic heterocycles. The molecule has 5 rings (SSSR count). The van der Waals surface area contributed by atoms with Crippen LogP contribution >= 0.6 is 0 Å². The third kappa shape index (κ3) is 5.34. The fraction of sp³-hybridized carbons (Fsp3) is 0.276. The molecule has 4 aromatic rings. The highest BCUT2D eigenvalue weighted by atomic mass is 16.5. The van der Waals surface area contributed by atoms with Crippen LogP contribution in [-0.4, -0.2) is 47.3 Å². The summed E-state index contributed by atoms with van der Waals surface area (Å²) in [6, 6.07) is 23.2. The molecule has 8 heteroatoms. The van der Waals surface area contributed by atoms with E-state index in [-0.39, 0.29) is 24.1 Å². The molecule has 1 N–H and O–H groups in total. The van der Waals surface area contributed by atoms with Gasteiger partial charge in [-0.15, -0.1) is 0 Å². The van der Waals surface area contributed by atoms with Gasteiger partial charge in [0.15, 0.2) is 0 Å². The molecule has 0 spiro atoms. The van der Waals surface area contributed by atoms with Gasteiger partial charge in [-0.05, 0) is 25.1 Å². The Labute approximate surface area is 215 Å². The van der Waals surface area contributed by atoms with Gasteiger partial charge >= 0.3 is 0 Å². The van der Waals surface area contributed by atoms with E-state index >= 15 is 0 Å². The van der Waals surface area contributed by atoms with E-state index in [1.165, 1.54) is 4.68 Å². The van der Waals surface area contributed by atoms with Crippen LogP contribution in [0.1, 0.15) is 22.9 Å². The maximum absolute atomic E-state index is 12.8. The summed E-state index contributed by atoms with van der Waals surface area (Å²) in [7, 11) is 1.66. The maximum atomic E-state index is 12.8. The third-order valence-corrected chi connectivity index (χ3v) is 6.64. The molecule has 0 fully saturated rings. The molecular weight excluding hydrogens is 468 g/mol.